The number of hydrogen-bond acceptors (Lipinski definition) is 3. The van der Waals surface area contributed by atoms with Crippen molar-refractivity contribution in [2.24, 2.45) is 10.9 Å². The Morgan fingerprint density at radius 3 is 2.48 bits per heavy atom. The van der Waals surface area contributed by atoms with Crippen LogP contribution in [0.25, 0.3) is 0 Å². The molecular formula is C20H32N4O. The molecule has 0 saturated carbocycles. The average molecular weight is 345 g/mol. The third kappa shape index (κ3) is 4.95. The minimum absolute atomic E-state index is 0.352. The second kappa shape index (κ2) is 9.20. The van der Waals surface area contributed by atoms with E-state index in [-0.39, 0.29) is 0 Å². The van der Waals surface area contributed by atoms with Crippen LogP contribution in [0, 0.1) is 5.92 Å². The van der Waals surface area contributed by atoms with Crippen LogP contribution in [0.4, 0.5) is 0 Å². The van der Waals surface area contributed by atoms with Crippen LogP contribution in [0.2, 0.25) is 0 Å². The van der Waals surface area contributed by atoms with Crippen molar-refractivity contribution >= 4 is 5.96 Å². The summed E-state index contributed by atoms with van der Waals surface area (Å²) >= 11 is 0. The van der Waals surface area contributed by atoms with Crippen molar-refractivity contribution in [1.29, 1.82) is 0 Å². The van der Waals surface area contributed by atoms with E-state index >= 15 is 0 Å². The van der Waals surface area contributed by atoms with Gasteiger partial charge >= 0.3 is 0 Å². The van der Waals surface area contributed by atoms with Crippen molar-refractivity contribution in [3.63, 3.8) is 0 Å². The second-order valence-electron chi connectivity index (χ2n) is 7.17. The molecule has 2 saturated heterocycles. The maximum atomic E-state index is 5.54. The van der Waals surface area contributed by atoms with E-state index in [4.69, 9.17) is 4.74 Å². The monoisotopic (exact) mass is 344 g/mol. The summed E-state index contributed by atoms with van der Waals surface area (Å²) in [5, 5.41) is 3.64. The normalized spacial score (nSPS) is 22.0. The number of nitrogens with one attached hydrogen (secondary N) is 1. The van der Waals surface area contributed by atoms with Gasteiger partial charge in [-0.3, -0.25) is 9.89 Å². The predicted octanol–water partition coefficient (Wildman–Crippen LogP) is 2.37. The molecular weight excluding hydrogens is 312 g/mol. The molecule has 2 aliphatic heterocycles. The molecule has 0 amide bonds. The molecule has 2 heterocycles. The summed E-state index contributed by atoms with van der Waals surface area (Å²) < 4.78 is 5.54. The SMILES string of the molecule is CN=C(NCC(c1ccccc1)N1CCOCC1)N1CCC(C)CC1. The summed E-state index contributed by atoms with van der Waals surface area (Å²) in [6, 6.07) is 11.2. The van der Waals surface area contributed by atoms with Crippen molar-refractivity contribution in [2.45, 2.75) is 25.8 Å². The molecule has 3 rings (SSSR count). The van der Waals surface area contributed by atoms with Gasteiger partial charge in [0.05, 0.1) is 19.3 Å². The van der Waals surface area contributed by atoms with Crippen molar-refractivity contribution in [3.05, 3.63) is 35.9 Å². The van der Waals surface area contributed by atoms with Crippen molar-refractivity contribution < 1.29 is 4.74 Å². The van der Waals surface area contributed by atoms with Crippen LogP contribution in [-0.2, 0) is 4.74 Å². The summed E-state index contributed by atoms with van der Waals surface area (Å²) in [6.07, 6.45) is 2.51. The Kier molecular flexibility index (Phi) is 6.70. The molecule has 0 aliphatic carbocycles. The van der Waals surface area contributed by atoms with Crippen molar-refractivity contribution in [2.75, 3.05) is 53.0 Å². The van der Waals surface area contributed by atoms with E-state index in [0.717, 1.165) is 57.8 Å². The van der Waals surface area contributed by atoms with Crippen LogP contribution < -0.4 is 5.32 Å². The van der Waals surface area contributed by atoms with Crippen molar-refractivity contribution in [1.82, 2.24) is 15.1 Å². The highest BCUT2D eigenvalue weighted by atomic mass is 16.5. The Morgan fingerprint density at radius 2 is 1.84 bits per heavy atom. The lowest BCUT2D eigenvalue weighted by Crippen LogP contribution is -2.49. The Bertz CT molecular complexity index is 534. The molecule has 1 unspecified atom stereocenters. The van der Waals surface area contributed by atoms with Gasteiger partial charge in [0.15, 0.2) is 5.96 Å². The van der Waals surface area contributed by atoms with Crippen LogP contribution >= 0.6 is 0 Å². The Hall–Kier alpha value is -1.59. The Balaban J connectivity index is 1.65. The fourth-order valence-electron chi connectivity index (χ4n) is 3.76. The zero-order chi connectivity index (χ0) is 17.5. The number of nitrogens with zero attached hydrogens (tertiary/aromatic N) is 3. The topological polar surface area (TPSA) is 40.1 Å². The van der Waals surface area contributed by atoms with E-state index in [0.29, 0.717) is 6.04 Å². The number of aliphatic imine (C=N–C) groups is 1. The molecule has 2 fully saturated rings. The largest absolute Gasteiger partial charge is 0.379 e. The minimum atomic E-state index is 0.352. The number of likely N-dealkylation sites (tertiary alicyclic amines) is 1. The van der Waals surface area contributed by atoms with Crippen molar-refractivity contribution in [3.8, 4) is 0 Å². The van der Waals surface area contributed by atoms with Gasteiger partial charge in [0.25, 0.3) is 0 Å². The van der Waals surface area contributed by atoms with E-state index in [1.54, 1.807) is 0 Å². The fourth-order valence-corrected chi connectivity index (χ4v) is 3.76. The highest BCUT2D eigenvalue weighted by Gasteiger charge is 2.24. The molecule has 0 radical (unpaired) electrons. The highest BCUT2D eigenvalue weighted by Crippen LogP contribution is 2.21. The summed E-state index contributed by atoms with van der Waals surface area (Å²) in [5.74, 6) is 1.88. The average Bonchev–Trinajstić information content (AvgIpc) is 2.68. The molecule has 5 heteroatoms. The van der Waals surface area contributed by atoms with E-state index < -0.39 is 0 Å². The fraction of sp³-hybridized carbons (Fsp3) is 0.650. The van der Waals surface area contributed by atoms with Gasteiger partial charge < -0.3 is 15.0 Å². The molecule has 2 aliphatic rings. The van der Waals surface area contributed by atoms with E-state index in [9.17, 15) is 0 Å². The number of rotatable bonds is 4. The zero-order valence-corrected chi connectivity index (χ0v) is 15.7. The van der Waals surface area contributed by atoms with Crippen LogP contribution in [0.3, 0.4) is 0 Å². The van der Waals surface area contributed by atoms with Crippen LogP contribution in [0.15, 0.2) is 35.3 Å². The zero-order valence-electron chi connectivity index (χ0n) is 15.7. The molecule has 25 heavy (non-hydrogen) atoms. The summed E-state index contributed by atoms with van der Waals surface area (Å²) in [5.41, 5.74) is 1.36. The first kappa shape index (κ1) is 18.2. The minimum Gasteiger partial charge on any atom is -0.379 e. The van der Waals surface area contributed by atoms with E-state index in [1.807, 2.05) is 7.05 Å². The first-order valence-corrected chi connectivity index (χ1v) is 9.60. The molecule has 1 aromatic carbocycles. The first-order valence-electron chi connectivity index (χ1n) is 9.60. The first-order chi connectivity index (χ1) is 12.3. The number of ether oxygens (including phenoxy) is 1. The lowest BCUT2D eigenvalue weighted by Gasteiger charge is -2.37. The van der Waals surface area contributed by atoms with Crippen LogP contribution in [0.1, 0.15) is 31.4 Å². The molecule has 5 nitrogen and oxygen atoms in total. The molecule has 0 aromatic heterocycles. The summed E-state index contributed by atoms with van der Waals surface area (Å²) in [6.45, 7) is 9.05. The predicted molar refractivity (Wildman–Crippen MR) is 103 cm³/mol. The lowest BCUT2D eigenvalue weighted by atomic mass is 9.99. The third-order valence-corrected chi connectivity index (χ3v) is 5.42. The number of piperidine rings is 1. The molecule has 0 spiro atoms. The van der Waals surface area contributed by atoms with Crippen LogP contribution in [-0.4, -0.2) is 68.7 Å². The van der Waals surface area contributed by atoms with Gasteiger partial charge in [-0.25, -0.2) is 0 Å². The van der Waals surface area contributed by atoms with Crippen LogP contribution in [0.5, 0.6) is 0 Å². The Labute approximate surface area is 152 Å². The maximum absolute atomic E-state index is 5.54. The standard InChI is InChI=1S/C20H32N4O/c1-17-8-10-24(11-9-17)20(21-2)22-16-19(18-6-4-3-5-7-18)23-12-14-25-15-13-23/h3-7,17,19H,8-16H2,1-2H3,(H,21,22). The smallest absolute Gasteiger partial charge is 0.193 e. The van der Waals surface area contributed by atoms with E-state index in [2.05, 4.69) is 57.4 Å². The highest BCUT2D eigenvalue weighted by molar-refractivity contribution is 5.80. The molecule has 1 atom stereocenters. The molecule has 1 N–H and O–H groups in total. The maximum Gasteiger partial charge on any atom is 0.193 e. The number of benzene rings is 1. The summed E-state index contributed by atoms with van der Waals surface area (Å²) in [4.78, 5) is 9.47. The molecule has 1 aromatic rings. The number of hydrogen-bond donors (Lipinski definition) is 1. The van der Waals surface area contributed by atoms with E-state index in [1.165, 1.54) is 18.4 Å². The number of morpholine rings is 1. The van der Waals surface area contributed by atoms with Gasteiger partial charge in [-0.15, -0.1) is 0 Å². The molecule has 138 valence electrons. The molecule has 0 bridgehead atoms. The lowest BCUT2D eigenvalue weighted by molar-refractivity contribution is 0.0168. The van der Waals surface area contributed by atoms with Gasteiger partial charge in [-0.1, -0.05) is 37.3 Å². The number of guanidine groups is 1. The van der Waals surface area contributed by atoms with Gasteiger partial charge in [0, 0.05) is 39.8 Å². The second-order valence-corrected chi connectivity index (χ2v) is 7.17. The van der Waals surface area contributed by atoms with Gasteiger partial charge in [0.1, 0.15) is 0 Å². The van der Waals surface area contributed by atoms with Gasteiger partial charge in [-0.05, 0) is 24.3 Å². The third-order valence-electron chi connectivity index (χ3n) is 5.42. The summed E-state index contributed by atoms with van der Waals surface area (Å²) in [7, 11) is 1.90. The Morgan fingerprint density at radius 1 is 1.16 bits per heavy atom. The quantitative estimate of drug-likeness (QED) is 0.672. The van der Waals surface area contributed by atoms with Gasteiger partial charge in [0.2, 0.25) is 0 Å². The van der Waals surface area contributed by atoms with Gasteiger partial charge in [-0.2, -0.15) is 0 Å².